The van der Waals surface area contributed by atoms with Crippen molar-refractivity contribution in [1.29, 1.82) is 0 Å². The minimum atomic E-state index is -0.490. The van der Waals surface area contributed by atoms with Crippen LogP contribution < -0.4 is 16.4 Å². The van der Waals surface area contributed by atoms with Gasteiger partial charge in [-0.3, -0.25) is 4.79 Å². The molecule has 0 spiro atoms. The van der Waals surface area contributed by atoms with E-state index in [1.807, 2.05) is 4.90 Å². The molecule has 2 rings (SSSR count). The summed E-state index contributed by atoms with van der Waals surface area (Å²) in [7, 11) is 0. The number of carbonyl (C=O) groups excluding carboxylic acids is 2. The highest BCUT2D eigenvalue weighted by Gasteiger charge is 2.31. The molecule has 0 aromatic carbocycles. The van der Waals surface area contributed by atoms with Crippen LogP contribution in [0.25, 0.3) is 0 Å². The second-order valence-corrected chi connectivity index (χ2v) is 6.17. The van der Waals surface area contributed by atoms with Crippen molar-refractivity contribution in [2.75, 3.05) is 26.2 Å². The summed E-state index contributed by atoms with van der Waals surface area (Å²) < 4.78 is 0. The zero-order chi connectivity index (χ0) is 14.5. The average Bonchev–Trinajstić information content (AvgIpc) is 2.44. The quantitative estimate of drug-likeness (QED) is 0.695. The highest BCUT2D eigenvalue weighted by atomic mass is 16.2. The van der Waals surface area contributed by atoms with Crippen molar-refractivity contribution in [3.05, 3.63) is 0 Å². The topological polar surface area (TPSA) is 87.5 Å². The molecule has 3 unspecified atom stereocenters. The van der Waals surface area contributed by atoms with Gasteiger partial charge in [0.05, 0.1) is 6.04 Å². The molecule has 2 saturated heterocycles. The van der Waals surface area contributed by atoms with Crippen LogP contribution in [-0.4, -0.2) is 49.1 Å². The monoisotopic (exact) mass is 282 g/mol. The van der Waals surface area contributed by atoms with E-state index in [-0.39, 0.29) is 11.9 Å². The third-order valence-electron chi connectivity index (χ3n) is 4.36. The smallest absolute Gasteiger partial charge is 0.312 e. The number of urea groups is 1. The zero-order valence-corrected chi connectivity index (χ0v) is 12.2. The van der Waals surface area contributed by atoms with Crippen LogP contribution in [0.5, 0.6) is 0 Å². The molecule has 3 atom stereocenters. The Bertz CT molecular complexity index is 361. The number of hydrogen-bond acceptors (Lipinski definition) is 3. The molecule has 3 amide bonds. The van der Waals surface area contributed by atoms with E-state index in [1.54, 1.807) is 0 Å². The van der Waals surface area contributed by atoms with E-state index < -0.39 is 6.03 Å². The van der Waals surface area contributed by atoms with Crippen molar-refractivity contribution >= 4 is 11.9 Å². The Hall–Kier alpha value is -1.30. The van der Waals surface area contributed by atoms with Gasteiger partial charge in [0.1, 0.15) is 0 Å². The van der Waals surface area contributed by atoms with Crippen LogP contribution in [0, 0.1) is 11.8 Å². The third-order valence-corrected chi connectivity index (χ3v) is 4.36. The highest BCUT2D eigenvalue weighted by molar-refractivity contribution is 5.82. The molecule has 6 nitrogen and oxygen atoms in total. The average molecular weight is 282 g/mol. The summed E-state index contributed by atoms with van der Waals surface area (Å²) in [5, 5.41) is 5.98. The second-order valence-electron chi connectivity index (χ2n) is 6.17. The van der Waals surface area contributed by atoms with Crippen LogP contribution in [0.1, 0.15) is 32.6 Å². The van der Waals surface area contributed by atoms with Crippen molar-refractivity contribution in [2.45, 2.75) is 38.6 Å². The van der Waals surface area contributed by atoms with E-state index in [0.717, 1.165) is 45.3 Å². The van der Waals surface area contributed by atoms with Crippen LogP contribution in [0.3, 0.4) is 0 Å². The van der Waals surface area contributed by atoms with Crippen LogP contribution in [-0.2, 0) is 4.79 Å². The number of piperidine rings is 2. The van der Waals surface area contributed by atoms with Crippen molar-refractivity contribution in [2.24, 2.45) is 17.6 Å². The van der Waals surface area contributed by atoms with Gasteiger partial charge in [-0.05, 0) is 44.1 Å². The van der Waals surface area contributed by atoms with Crippen LogP contribution in [0.2, 0.25) is 0 Å². The third kappa shape index (κ3) is 4.10. The van der Waals surface area contributed by atoms with E-state index >= 15 is 0 Å². The Morgan fingerprint density at radius 1 is 1.40 bits per heavy atom. The fourth-order valence-corrected chi connectivity index (χ4v) is 3.19. The van der Waals surface area contributed by atoms with Gasteiger partial charge in [0, 0.05) is 19.6 Å². The fraction of sp³-hybridized carbons (Fsp3) is 0.857. The van der Waals surface area contributed by atoms with E-state index in [9.17, 15) is 9.59 Å². The van der Waals surface area contributed by atoms with Gasteiger partial charge in [0.15, 0.2) is 0 Å². The Kier molecular flexibility index (Phi) is 5.23. The molecule has 2 aliphatic heterocycles. The lowest BCUT2D eigenvalue weighted by Gasteiger charge is -2.37. The molecule has 2 heterocycles. The number of nitrogens with two attached hydrogens (primary N) is 1. The first-order valence-electron chi connectivity index (χ1n) is 7.61. The number of hydrogen-bond donors (Lipinski definition) is 3. The van der Waals surface area contributed by atoms with Gasteiger partial charge in [-0.2, -0.15) is 0 Å². The molecule has 0 bridgehead atoms. The lowest BCUT2D eigenvalue weighted by atomic mass is 9.92. The standard InChI is InChI=1S/C14H26N4O2/c1-10-4-5-16-12(7-10)13(19)18-6-2-3-11(9-18)8-17-14(15)20/h10-12,16H,2-9H2,1H3,(H3,15,17,20). The summed E-state index contributed by atoms with van der Waals surface area (Å²) in [6, 6.07) is -0.516. The van der Waals surface area contributed by atoms with Crippen molar-refractivity contribution in [3.8, 4) is 0 Å². The van der Waals surface area contributed by atoms with Gasteiger partial charge in [-0.25, -0.2) is 4.79 Å². The van der Waals surface area contributed by atoms with E-state index in [0.29, 0.717) is 18.4 Å². The Labute approximate surface area is 120 Å². The fourth-order valence-electron chi connectivity index (χ4n) is 3.19. The molecular formula is C14H26N4O2. The largest absolute Gasteiger partial charge is 0.352 e. The molecule has 0 aromatic heterocycles. The van der Waals surface area contributed by atoms with Gasteiger partial charge < -0.3 is 21.3 Å². The van der Waals surface area contributed by atoms with Crippen molar-refractivity contribution in [3.63, 3.8) is 0 Å². The minimum Gasteiger partial charge on any atom is -0.352 e. The van der Waals surface area contributed by atoms with Gasteiger partial charge >= 0.3 is 6.03 Å². The van der Waals surface area contributed by atoms with E-state index in [4.69, 9.17) is 5.73 Å². The maximum absolute atomic E-state index is 12.5. The first-order valence-corrected chi connectivity index (χ1v) is 7.61. The summed E-state index contributed by atoms with van der Waals surface area (Å²) in [4.78, 5) is 25.2. The molecule has 6 heteroatoms. The maximum Gasteiger partial charge on any atom is 0.312 e. The Morgan fingerprint density at radius 3 is 2.90 bits per heavy atom. The Balaban J connectivity index is 1.84. The zero-order valence-electron chi connectivity index (χ0n) is 12.2. The number of nitrogens with one attached hydrogen (secondary N) is 2. The summed E-state index contributed by atoms with van der Waals surface area (Å²) in [6.07, 6.45) is 4.12. The SMILES string of the molecule is CC1CCNC(C(=O)N2CCCC(CNC(N)=O)C2)C1. The molecule has 0 aromatic rings. The maximum atomic E-state index is 12.5. The molecule has 0 radical (unpaired) electrons. The normalized spacial score (nSPS) is 30.9. The number of likely N-dealkylation sites (tertiary alicyclic amines) is 1. The molecule has 2 aliphatic rings. The predicted molar refractivity (Wildman–Crippen MR) is 77.1 cm³/mol. The van der Waals surface area contributed by atoms with Gasteiger partial charge in [0.25, 0.3) is 0 Å². The van der Waals surface area contributed by atoms with Gasteiger partial charge in [-0.1, -0.05) is 6.92 Å². The summed E-state index contributed by atoms with van der Waals surface area (Å²) >= 11 is 0. The number of nitrogens with zero attached hydrogens (tertiary/aromatic N) is 1. The second kappa shape index (κ2) is 6.92. The lowest BCUT2D eigenvalue weighted by Crippen LogP contribution is -2.53. The van der Waals surface area contributed by atoms with E-state index in [2.05, 4.69) is 17.6 Å². The summed E-state index contributed by atoms with van der Waals surface area (Å²) in [6.45, 7) is 5.26. The molecule has 0 aliphatic carbocycles. The number of primary amides is 1. The molecular weight excluding hydrogens is 256 g/mol. The van der Waals surface area contributed by atoms with E-state index in [1.165, 1.54) is 0 Å². The van der Waals surface area contributed by atoms with Crippen molar-refractivity contribution < 1.29 is 9.59 Å². The predicted octanol–water partition coefficient (Wildman–Crippen LogP) is 0.281. The first kappa shape index (κ1) is 15.1. The van der Waals surface area contributed by atoms with Crippen LogP contribution >= 0.6 is 0 Å². The van der Waals surface area contributed by atoms with Crippen LogP contribution in [0.15, 0.2) is 0 Å². The van der Waals surface area contributed by atoms with Gasteiger partial charge in [-0.15, -0.1) is 0 Å². The first-order chi connectivity index (χ1) is 9.56. The van der Waals surface area contributed by atoms with Crippen molar-refractivity contribution in [1.82, 2.24) is 15.5 Å². The summed E-state index contributed by atoms with van der Waals surface area (Å²) in [5.74, 6) is 1.16. The highest BCUT2D eigenvalue weighted by Crippen LogP contribution is 2.20. The molecule has 0 saturated carbocycles. The molecule has 4 N–H and O–H groups in total. The van der Waals surface area contributed by atoms with Crippen LogP contribution in [0.4, 0.5) is 4.79 Å². The summed E-state index contributed by atoms with van der Waals surface area (Å²) in [5.41, 5.74) is 5.10. The molecule has 114 valence electrons. The van der Waals surface area contributed by atoms with Gasteiger partial charge in [0.2, 0.25) is 5.91 Å². The lowest BCUT2D eigenvalue weighted by molar-refractivity contribution is -0.136. The number of amides is 3. The number of rotatable bonds is 3. The molecule has 2 fully saturated rings. The molecule has 20 heavy (non-hydrogen) atoms. The number of carbonyl (C=O) groups is 2. The Morgan fingerprint density at radius 2 is 2.20 bits per heavy atom. The minimum absolute atomic E-state index is 0.0263.